The Morgan fingerprint density at radius 2 is 1.78 bits per heavy atom. The number of ether oxygens (including phenoxy) is 3. The third kappa shape index (κ3) is 4.53. The molecule has 1 amide bonds. The van der Waals surface area contributed by atoms with Gasteiger partial charge in [-0.05, 0) is 54.7 Å². The van der Waals surface area contributed by atoms with Gasteiger partial charge in [-0.2, -0.15) is 0 Å². The first-order chi connectivity index (χ1) is 17.5. The second-order valence-corrected chi connectivity index (χ2v) is 9.55. The number of halogens is 1. The van der Waals surface area contributed by atoms with Crippen molar-refractivity contribution in [2.75, 3.05) is 13.3 Å². The van der Waals surface area contributed by atoms with Crippen LogP contribution in [0.5, 0.6) is 17.2 Å². The number of rotatable bonds is 8. The Hall–Kier alpha value is -3.87. The minimum atomic E-state index is -0.346. The molecule has 7 heteroatoms. The molecule has 6 nitrogen and oxygen atoms in total. The van der Waals surface area contributed by atoms with Gasteiger partial charge < -0.3 is 19.5 Å². The molecule has 184 valence electrons. The van der Waals surface area contributed by atoms with E-state index >= 15 is 0 Å². The molecule has 1 saturated carbocycles. The Balaban J connectivity index is 1.07. The van der Waals surface area contributed by atoms with E-state index in [-0.39, 0.29) is 36.3 Å². The summed E-state index contributed by atoms with van der Waals surface area (Å²) in [5, 5.41) is 2.92. The normalized spacial score (nSPS) is 17.4. The topological polar surface area (TPSA) is 73.9 Å². The molecule has 1 aliphatic carbocycles. The van der Waals surface area contributed by atoms with Crippen LogP contribution in [-0.2, 0) is 17.6 Å². The predicted molar refractivity (Wildman–Crippen MR) is 131 cm³/mol. The van der Waals surface area contributed by atoms with E-state index in [0.717, 1.165) is 35.3 Å². The molecule has 0 aromatic heterocycles. The Morgan fingerprint density at radius 1 is 0.972 bits per heavy atom. The van der Waals surface area contributed by atoms with E-state index in [1.54, 1.807) is 6.07 Å². The monoisotopic (exact) mass is 487 g/mol. The van der Waals surface area contributed by atoms with Gasteiger partial charge in [-0.3, -0.25) is 9.59 Å². The molecule has 0 bridgehead atoms. The number of fused-ring (bicyclic) bond motifs is 2. The first kappa shape index (κ1) is 22.6. The summed E-state index contributed by atoms with van der Waals surface area (Å²) in [6, 6.07) is 16.3. The highest BCUT2D eigenvalue weighted by Crippen LogP contribution is 2.41. The quantitative estimate of drug-likeness (QED) is 0.459. The summed E-state index contributed by atoms with van der Waals surface area (Å²) in [4.78, 5) is 24.8. The molecule has 3 aromatic carbocycles. The van der Waals surface area contributed by atoms with Gasteiger partial charge >= 0.3 is 0 Å². The maximum Gasteiger partial charge on any atom is 0.231 e. The molecule has 2 aliphatic heterocycles. The van der Waals surface area contributed by atoms with Gasteiger partial charge in [0.25, 0.3) is 0 Å². The van der Waals surface area contributed by atoms with E-state index in [4.69, 9.17) is 14.2 Å². The fraction of sp³-hybridized carbons (Fsp3) is 0.310. The molecular formula is C29H26FNO5. The van der Waals surface area contributed by atoms with Crippen LogP contribution in [0.4, 0.5) is 4.39 Å². The summed E-state index contributed by atoms with van der Waals surface area (Å²) in [5.74, 6) is 1.88. The average Bonchev–Trinajstić information content (AvgIpc) is 3.48. The van der Waals surface area contributed by atoms with Gasteiger partial charge in [0.05, 0.1) is 6.54 Å². The molecule has 0 spiro atoms. The molecule has 2 heterocycles. The van der Waals surface area contributed by atoms with Gasteiger partial charge in [-0.15, -0.1) is 0 Å². The second kappa shape index (κ2) is 9.30. The highest BCUT2D eigenvalue weighted by atomic mass is 19.1. The summed E-state index contributed by atoms with van der Waals surface area (Å²) in [7, 11) is 0. The van der Waals surface area contributed by atoms with E-state index < -0.39 is 0 Å². The fourth-order valence-electron chi connectivity index (χ4n) is 4.77. The average molecular weight is 488 g/mol. The molecule has 1 N–H and O–H groups in total. The lowest BCUT2D eigenvalue weighted by molar-refractivity contribution is -0.121. The van der Waals surface area contributed by atoms with Crippen LogP contribution in [0, 0.1) is 11.7 Å². The highest BCUT2D eigenvalue weighted by Gasteiger charge is 2.31. The number of aryl methyl sites for hydroxylation is 1. The van der Waals surface area contributed by atoms with Crippen molar-refractivity contribution in [1.29, 1.82) is 0 Å². The molecule has 1 fully saturated rings. The van der Waals surface area contributed by atoms with Crippen LogP contribution >= 0.6 is 0 Å². The van der Waals surface area contributed by atoms with Crippen LogP contribution in [0.3, 0.4) is 0 Å². The van der Waals surface area contributed by atoms with Crippen LogP contribution in [0.15, 0.2) is 54.6 Å². The minimum absolute atomic E-state index is 0.0937. The summed E-state index contributed by atoms with van der Waals surface area (Å²) < 4.78 is 31.4. The van der Waals surface area contributed by atoms with Gasteiger partial charge in [-0.1, -0.05) is 30.3 Å². The zero-order valence-corrected chi connectivity index (χ0v) is 19.7. The van der Waals surface area contributed by atoms with Crippen LogP contribution < -0.4 is 19.5 Å². The number of nitrogens with one attached hydrogen (secondary N) is 1. The van der Waals surface area contributed by atoms with Gasteiger partial charge in [-0.25, -0.2) is 4.39 Å². The third-order valence-electron chi connectivity index (χ3n) is 6.95. The number of hydrogen-bond acceptors (Lipinski definition) is 5. The van der Waals surface area contributed by atoms with E-state index in [0.29, 0.717) is 48.4 Å². The first-order valence-corrected chi connectivity index (χ1v) is 12.3. The lowest BCUT2D eigenvalue weighted by Gasteiger charge is -2.14. The Morgan fingerprint density at radius 3 is 2.58 bits per heavy atom. The number of amides is 1. The maximum absolute atomic E-state index is 14.6. The van der Waals surface area contributed by atoms with Gasteiger partial charge in [0.1, 0.15) is 17.7 Å². The standard InChI is InChI=1S/C29H26FNO5/c30-24-10-9-22(18-3-5-19(6-4-18)28(33)20-7-8-20)29-23(24)14-21(36-29)15-31-27(32)12-2-17-1-11-25-26(13-17)35-16-34-25/h1,3-6,9-11,13,20-21H,2,7-8,12,14-16H2,(H,31,32)/t21-/m1/s1. The van der Waals surface area contributed by atoms with E-state index in [9.17, 15) is 14.0 Å². The van der Waals surface area contributed by atoms with Crippen molar-refractivity contribution in [3.63, 3.8) is 0 Å². The van der Waals surface area contributed by atoms with Crippen LogP contribution in [0.2, 0.25) is 0 Å². The van der Waals surface area contributed by atoms with Gasteiger partial charge in [0.2, 0.25) is 12.7 Å². The van der Waals surface area contributed by atoms with E-state index in [2.05, 4.69) is 5.32 Å². The molecule has 0 radical (unpaired) electrons. The lowest BCUT2D eigenvalue weighted by Crippen LogP contribution is -2.34. The van der Waals surface area contributed by atoms with Crippen LogP contribution in [-0.4, -0.2) is 31.1 Å². The van der Waals surface area contributed by atoms with E-state index in [1.165, 1.54) is 6.07 Å². The van der Waals surface area contributed by atoms with Gasteiger partial charge in [0.15, 0.2) is 17.3 Å². The summed E-state index contributed by atoms with van der Waals surface area (Å²) in [6.07, 6.45) is 2.88. The second-order valence-electron chi connectivity index (χ2n) is 9.55. The fourth-order valence-corrected chi connectivity index (χ4v) is 4.77. The number of carbonyl (C=O) groups excluding carboxylic acids is 2. The summed E-state index contributed by atoms with van der Waals surface area (Å²) in [6.45, 7) is 0.513. The van der Waals surface area contributed by atoms with Crippen molar-refractivity contribution in [2.45, 2.75) is 38.2 Å². The minimum Gasteiger partial charge on any atom is -0.487 e. The van der Waals surface area contributed by atoms with Crippen molar-refractivity contribution < 1.29 is 28.2 Å². The maximum atomic E-state index is 14.6. The molecule has 3 aliphatic rings. The first-order valence-electron chi connectivity index (χ1n) is 12.3. The molecule has 6 rings (SSSR count). The van der Waals surface area contributed by atoms with Crippen LogP contribution in [0.25, 0.3) is 11.1 Å². The SMILES string of the molecule is O=C(CCc1ccc2c(c1)OCO2)NC[C@H]1Cc2c(F)ccc(-c3ccc(C(=O)C4CC4)cc3)c2O1. The number of carbonyl (C=O) groups is 2. The van der Waals surface area contributed by atoms with Crippen molar-refractivity contribution in [1.82, 2.24) is 5.32 Å². The Kier molecular flexibility index (Phi) is 5.83. The molecule has 1 atom stereocenters. The Labute approximate surface area is 208 Å². The number of Topliss-reactive ketones (excluding diaryl/α,β-unsaturated/α-hetero) is 1. The van der Waals surface area contributed by atoms with E-state index in [1.807, 2.05) is 42.5 Å². The molecule has 0 unspecified atom stereocenters. The summed E-state index contributed by atoms with van der Waals surface area (Å²) >= 11 is 0. The summed E-state index contributed by atoms with van der Waals surface area (Å²) in [5.41, 5.74) is 3.88. The van der Waals surface area contributed by atoms with Gasteiger partial charge in [0, 0.05) is 35.4 Å². The zero-order valence-electron chi connectivity index (χ0n) is 19.7. The third-order valence-corrected chi connectivity index (χ3v) is 6.95. The van der Waals surface area contributed by atoms with Crippen molar-refractivity contribution in [2.24, 2.45) is 5.92 Å². The largest absolute Gasteiger partial charge is 0.487 e. The van der Waals surface area contributed by atoms with Crippen LogP contribution in [0.1, 0.15) is 40.7 Å². The zero-order chi connectivity index (χ0) is 24.6. The molecule has 36 heavy (non-hydrogen) atoms. The Bertz CT molecular complexity index is 1330. The van der Waals surface area contributed by atoms with Crippen molar-refractivity contribution in [3.8, 4) is 28.4 Å². The number of benzene rings is 3. The molecular weight excluding hydrogens is 461 g/mol. The number of ketones is 1. The van der Waals surface area contributed by atoms with Crippen molar-refractivity contribution >= 4 is 11.7 Å². The van der Waals surface area contributed by atoms with Crippen molar-refractivity contribution in [3.05, 3.63) is 77.1 Å². The number of hydrogen-bond donors (Lipinski definition) is 1. The lowest BCUT2D eigenvalue weighted by atomic mass is 9.98. The predicted octanol–water partition coefficient (Wildman–Crippen LogP) is 4.87. The smallest absolute Gasteiger partial charge is 0.231 e. The molecule has 0 saturated heterocycles. The highest BCUT2D eigenvalue weighted by molar-refractivity contribution is 5.99. The molecule has 3 aromatic rings.